The van der Waals surface area contributed by atoms with Crippen molar-refractivity contribution in [3.8, 4) is 0 Å². The smallest absolute Gasteiger partial charge is 0.144 e. The Bertz CT molecular complexity index is 699. The molecule has 2 bridgehead atoms. The highest BCUT2D eigenvalue weighted by molar-refractivity contribution is 5.98. The third kappa shape index (κ3) is 2.21. The Morgan fingerprint density at radius 2 is 1.50 bits per heavy atom. The summed E-state index contributed by atoms with van der Waals surface area (Å²) in [4.78, 5) is 12.9. The first-order valence-electron chi connectivity index (χ1n) is 8.20. The lowest BCUT2D eigenvalue weighted by atomic mass is 9.64. The van der Waals surface area contributed by atoms with Crippen LogP contribution in [0.15, 0.2) is 66.7 Å². The molecule has 0 amide bonds. The van der Waals surface area contributed by atoms with Crippen LogP contribution >= 0.6 is 0 Å². The van der Waals surface area contributed by atoms with Crippen molar-refractivity contribution in [2.24, 2.45) is 11.8 Å². The zero-order valence-electron chi connectivity index (χ0n) is 12.6. The summed E-state index contributed by atoms with van der Waals surface area (Å²) in [7, 11) is 0. The van der Waals surface area contributed by atoms with Crippen molar-refractivity contribution in [1.82, 2.24) is 0 Å². The molecule has 1 saturated carbocycles. The molecule has 2 aliphatic rings. The van der Waals surface area contributed by atoms with Gasteiger partial charge in [0, 0.05) is 17.8 Å². The van der Waals surface area contributed by atoms with Gasteiger partial charge < -0.3 is 0 Å². The molecule has 2 aliphatic carbocycles. The summed E-state index contributed by atoms with van der Waals surface area (Å²) in [6, 6.07) is 20.9. The second kappa shape index (κ2) is 5.57. The first kappa shape index (κ1) is 13.5. The lowest BCUT2D eigenvalue weighted by Gasteiger charge is -2.38. The summed E-state index contributed by atoms with van der Waals surface area (Å²) in [5, 5.41) is 0. The molecule has 0 spiro atoms. The zero-order chi connectivity index (χ0) is 14.9. The van der Waals surface area contributed by atoms with Crippen molar-refractivity contribution in [3.63, 3.8) is 0 Å². The third-order valence-electron chi connectivity index (χ3n) is 5.18. The fourth-order valence-corrected chi connectivity index (χ4v) is 4.11. The van der Waals surface area contributed by atoms with Gasteiger partial charge in [-0.1, -0.05) is 73.2 Å². The maximum atomic E-state index is 12.9. The van der Waals surface area contributed by atoms with E-state index in [2.05, 4.69) is 54.6 Å². The number of rotatable bonds is 2. The molecule has 0 unspecified atom stereocenters. The first-order valence-corrected chi connectivity index (χ1v) is 8.20. The summed E-state index contributed by atoms with van der Waals surface area (Å²) in [5.74, 6) is 0.983. The molecule has 2 aromatic rings. The Hall–Kier alpha value is -2.15. The minimum Gasteiger partial charge on any atom is -0.299 e. The average molecular weight is 288 g/mol. The highest BCUT2D eigenvalue weighted by atomic mass is 16.1. The van der Waals surface area contributed by atoms with Gasteiger partial charge in [-0.3, -0.25) is 4.79 Å². The van der Waals surface area contributed by atoms with Gasteiger partial charge in [0.1, 0.15) is 5.78 Å². The molecule has 4 rings (SSSR count). The van der Waals surface area contributed by atoms with Crippen LogP contribution in [0.1, 0.15) is 36.3 Å². The third-order valence-corrected chi connectivity index (χ3v) is 5.18. The van der Waals surface area contributed by atoms with E-state index < -0.39 is 0 Å². The summed E-state index contributed by atoms with van der Waals surface area (Å²) in [6.45, 7) is 0. The monoisotopic (exact) mass is 288 g/mol. The van der Waals surface area contributed by atoms with Crippen LogP contribution < -0.4 is 0 Å². The zero-order valence-corrected chi connectivity index (χ0v) is 12.6. The molecule has 2 aromatic carbocycles. The van der Waals surface area contributed by atoms with E-state index in [0.717, 1.165) is 19.3 Å². The van der Waals surface area contributed by atoms with Crippen LogP contribution in [0, 0.1) is 11.8 Å². The minimum absolute atomic E-state index is 0.112. The normalized spacial score (nSPS) is 27.4. The predicted molar refractivity (Wildman–Crippen MR) is 89.4 cm³/mol. The van der Waals surface area contributed by atoms with E-state index in [1.165, 1.54) is 16.7 Å². The van der Waals surface area contributed by atoms with Gasteiger partial charge >= 0.3 is 0 Å². The molecule has 1 heteroatoms. The number of benzene rings is 2. The molecule has 1 fully saturated rings. The van der Waals surface area contributed by atoms with E-state index in [1.54, 1.807) is 0 Å². The van der Waals surface area contributed by atoms with E-state index in [1.807, 2.05) is 12.1 Å². The van der Waals surface area contributed by atoms with Crippen LogP contribution in [0.5, 0.6) is 0 Å². The number of hydrogen-bond donors (Lipinski definition) is 0. The SMILES string of the molecule is O=C1[C@@H]2CCC[C@@H]1[C@@H](c1ccccc1)C=C2c1ccccc1. The van der Waals surface area contributed by atoms with Crippen molar-refractivity contribution in [1.29, 1.82) is 0 Å². The molecule has 0 aromatic heterocycles. The average Bonchev–Trinajstić information content (AvgIpc) is 2.57. The van der Waals surface area contributed by atoms with Crippen LogP contribution in [0.2, 0.25) is 0 Å². The number of allylic oxidation sites excluding steroid dienone is 2. The molecule has 0 saturated heterocycles. The second-order valence-electron chi connectivity index (χ2n) is 6.42. The van der Waals surface area contributed by atoms with E-state index in [0.29, 0.717) is 5.78 Å². The summed E-state index contributed by atoms with van der Waals surface area (Å²) in [6.07, 6.45) is 5.58. The predicted octanol–water partition coefficient (Wildman–Crippen LogP) is 4.85. The summed E-state index contributed by atoms with van der Waals surface area (Å²) >= 11 is 0. The second-order valence-corrected chi connectivity index (χ2v) is 6.42. The Morgan fingerprint density at radius 3 is 2.23 bits per heavy atom. The van der Waals surface area contributed by atoms with Gasteiger partial charge in [-0.25, -0.2) is 0 Å². The molecule has 0 N–H and O–H groups in total. The van der Waals surface area contributed by atoms with E-state index in [-0.39, 0.29) is 17.8 Å². The number of carbonyl (C=O) groups is 1. The van der Waals surface area contributed by atoms with Crippen LogP contribution in [0.4, 0.5) is 0 Å². The number of carbonyl (C=O) groups excluding carboxylic acids is 1. The van der Waals surface area contributed by atoms with E-state index in [9.17, 15) is 4.79 Å². The Balaban J connectivity index is 1.84. The van der Waals surface area contributed by atoms with Crippen LogP contribution in [0.3, 0.4) is 0 Å². The highest BCUT2D eigenvalue weighted by Gasteiger charge is 2.41. The summed E-state index contributed by atoms with van der Waals surface area (Å²) in [5.41, 5.74) is 3.73. The number of fused-ring (bicyclic) bond motifs is 2. The first-order chi connectivity index (χ1) is 10.8. The number of ketones is 1. The van der Waals surface area contributed by atoms with Crippen LogP contribution in [-0.2, 0) is 4.79 Å². The lowest BCUT2D eigenvalue weighted by Crippen LogP contribution is -2.36. The standard InChI is InChI=1S/C21H20O/c22-21-17-12-7-13-18(21)20(16-10-5-2-6-11-16)14-19(17)15-8-3-1-4-9-15/h1-6,8-11,14,17-19H,7,12-13H2/t17-,18-,19-/m1/s1. The molecule has 110 valence electrons. The minimum atomic E-state index is 0.112. The molecular formula is C21H20O. The van der Waals surface area contributed by atoms with Gasteiger partial charge in [-0.15, -0.1) is 0 Å². The number of hydrogen-bond acceptors (Lipinski definition) is 1. The molecule has 22 heavy (non-hydrogen) atoms. The quantitative estimate of drug-likeness (QED) is 0.772. The Labute approximate surface area is 131 Å². The van der Waals surface area contributed by atoms with Gasteiger partial charge in [0.25, 0.3) is 0 Å². The van der Waals surface area contributed by atoms with Gasteiger partial charge in [0.2, 0.25) is 0 Å². The Morgan fingerprint density at radius 1 is 0.818 bits per heavy atom. The highest BCUT2D eigenvalue weighted by Crippen LogP contribution is 2.47. The van der Waals surface area contributed by atoms with Crippen molar-refractivity contribution < 1.29 is 4.79 Å². The molecule has 0 aliphatic heterocycles. The molecule has 1 nitrogen and oxygen atoms in total. The van der Waals surface area contributed by atoms with Crippen LogP contribution in [-0.4, -0.2) is 5.78 Å². The van der Waals surface area contributed by atoms with Gasteiger partial charge in [0.05, 0.1) is 0 Å². The fraction of sp³-hybridized carbons (Fsp3) is 0.286. The summed E-state index contributed by atoms with van der Waals surface area (Å²) < 4.78 is 0. The Kier molecular flexibility index (Phi) is 3.42. The molecule has 0 heterocycles. The van der Waals surface area contributed by atoms with Crippen molar-refractivity contribution in [3.05, 3.63) is 77.9 Å². The van der Waals surface area contributed by atoms with Crippen molar-refractivity contribution in [2.75, 3.05) is 0 Å². The van der Waals surface area contributed by atoms with Gasteiger partial charge in [-0.05, 0) is 29.5 Å². The molecule has 3 atom stereocenters. The van der Waals surface area contributed by atoms with Gasteiger partial charge in [-0.2, -0.15) is 0 Å². The topological polar surface area (TPSA) is 17.1 Å². The van der Waals surface area contributed by atoms with Gasteiger partial charge in [0.15, 0.2) is 0 Å². The molecule has 0 radical (unpaired) electrons. The maximum absolute atomic E-state index is 12.9. The number of Topliss-reactive ketones (excluding diaryl/α,β-unsaturated/α-hetero) is 1. The van der Waals surface area contributed by atoms with Crippen LogP contribution in [0.25, 0.3) is 5.57 Å². The molecular weight excluding hydrogens is 268 g/mol. The largest absolute Gasteiger partial charge is 0.299 e. The van der Waals surface area contributed by atoms with E-state index >= 15 is 0 Å². The van der Waals surface area contributed by atoms with Crippen molar-refractivity contribution >= 4 is 11.4 Å². The van der Waals surface area contributed by atoms with E-state index in [4.69, 9.17) is 0 Å². The fourth-order valence-electron chi connectivity index (χ4n) is 4.11. The van der Waals surface area contributed by atoms with Crippen molar-refractivity contribution in [2.45, 2.75) is 25.2 Å². The maximum Gasteiger partial charge on any atom is 0.144 e. The lowest BCUT2D eigenvalue weighted by molar-refractivity contribution is -0.128.